The molecule has 1 heterocycles. The predicted octanol–water partition coefficient (Wildman–Crippen LogP) is 3.20. The van der Waals surface area contributed by atoms with Gasteiger partial charge < -0.3 is 9.84 Å². The van der Waals surface area contributed by atoms with Gasteiger partial charge in [0.05, 0.1) is 12.1 Å². The normalized spacial score (nSPS) is 10.5. The monoisotopic (exact) mass is 330 g/mol. The fourth-order valence-electron chi connectivity index (χ4n) is 1.51. The van der Waals surface area contributed by atoms with Crippen LogP contribution in [0.15, 0.2) is 27.2 Å². The standard InChI is InChI=1S/C12H9BrF2N2O2/c1-6-2-8(17-19-6)5-11(18)16-12-9(14)3-7(13)4-10(12)15/h2-4H,5H2,1H3,(H,16,18). The molecule has 0 saturated carbocycles. The summed E-state index contributed by atoms with van der Waals surface area (Å²) < 4.78 is 32.0. The number of carbonyl (C=O) groups is 1. The van der Waals surface area contributed by atoms with E-state index in [0.29, 0.717) is 11.5 Å². The van der Waals surface area contributed by atoms with E-state index < -0.39 is 23.2 Å². The van der Waals surface area contributed by atoms with Gasteiger partial charge in [0.2, 0.25) is 5.91 Å². The summed E-state index contributed by atoms with van der Waals surface area (Å²) in [6.07, 6.45) is -0.119. The Morgan fingerprint density at radius 1 is 1.37 bits per heavy atom. The molecule has 1 aromatic heterocycles. The Morgan fingerprint density at radius 3 is 2.53 bits per heavy atom. The highest BCUT2D eigenvalue weighted by atomic mass is 79.9. The Hall–Kier alpha value is -1.76. The van der Waals surface area contributed by atoms with Crippen LogP contribution < -0.4 is 5.32 Å². The molecule has 0 atom stereocenters. The minimum atomic E-state index is -0.850. The molecule has 7 heteroatoms. The maximum Gasteiger partial charge on any atom is 0.230 e. The fourth-order valence-corrected chi connectivity index (χ4v) is 1.91. The molecule has 0 spiro atoms. The van der Waals surface area contributed by atoms with Crippen LogP contribution in [-0.2, 0) is 11.2 Å². The highest BCUT2D eigenvalue weighted by molar-refractivity contribution is 9.10. The van der Waals surface area contributed by atoms with E-state index in [0.717, 1.165) is 12.1 Å². The average molecular weight is 331 g/mol. The van der Waals surface area contributed by atoms with Crippen LogP contribution in [0.2, 0.25) is 0 Å². The van der Waals surface area contributed by atoms with Crippen molar-refractivity contribution in [2.45, 2.75) is 13.3 Å². The molecule has 0 radical (unpaired) electrons. The zero-order chi connectivity index (χ0) is 14.0. The molecule has 0 aliphatic heterocycles. The van der Waals surface area contributed by atoms with Crippen LogP contribution >= 0.6 is 15.9 Å². The van der Waals surface area contributed by atoms with Crippen molar-refractivity contribution in [2.75, 3.05) is 5.32 Å². The first kappa shape index (κ1) is 13.7. The number of benzene rings is 1. The molecule has 4 nitrogen and oxygen atoms in total. The lowest BCUT2D eigenvalue weighted by molar-refractivity contribution is -0.115. The van der Waals surface area contributed by atoms with Gasteiger partial charge >= 0.3 is 0 Å². The minimum Gasteiger partial charge on any atom is -0.361 e. The van der Waals surface area contributed by atoms with Gasteiger partial charge in [-0.2, -0.15) is 0 Å². The number of halogens is 3. The van der Waals surface area contributed by atoms with Crippen molar-refractivity contribution in [3.63, 3.8) is 0 Å². The fraction of sp³-hybridized carbons (Fsp3) is 0.167. The van der Waals surface area contributed by atoms with E-state index >= 15 is 0 Å². The zero-order valence-electron chi connectivity index (χ0n) is 9.84. The highest BCUT2D eigenvalue weighted by Gasteiger charge is 2.15. The number of aromatic nitrogens is 1. The van der Waals surface area contributed by atoms with Gasteiger partial charge in [-0.25, -0.2) is 8.78 Å². The first-order valence-electron chi connectivity index (χ1n) is 5.32. The van der Waals surface area contributed by atoms with Crippen LogP contribution in [0.1, 0.15) is 11.5 Å². The lowest BCUT2D eigenvalue weighted by atomic mass is 10.2. The topological polar surface area (TPSA) is 55.1 Å². The summed E-state index contributed by atoms with van der Waals surface area (Å²) in [5.74, 6) is -1.72. The molecule has 0 unspecified atom stereocenters. The summed E-state index contributed by atoms with van der Waals surface area (Å²) in [6.45, 7) is 1.68. The number of rotatable bonds is 3. The van der Waals surface area contributed by atoms with Crippen LogP contribution in [0.5, 0.6) is 0 Å². The van der Waals surface area contributed by atoms with Crippen LogP contribution in [0.3, 0.4) is 0 Å². The van der Waals surface area contributed by atoms with Crippen molar-refractivity contribution in [2.24, 2.45) is 0 Å². The number of anilines is 1. The van der Waals surface area contributed by atoms with Crippen molar-refractivity contribution in [3.05, 3.63) is 45.8 Å². The zero-order valence-corrected chi connectivity index (χ0v) is 11.4. The minimum absolute atomic E-state index is 0.119. The van der Waals surface area contributed by atoms with E-state index in [1.54, 1.807) is 13.0 Å². The summed E-state index contributed by atoms with van der Waals surface area (Å²) in [6, 6.07) is 3.71. The molecule has 0 bridgehead atoms. The summed E-state index contributed by atoms with van der Waals surface area (Å²) in [5.41, 5.74) is -0.0821. The third-order valence-electron chi connectivity index (χ3n) is 2.29. The Bertz CT molecular complexity index is 605. The van der Waals surface area contributed by atoms with Gasteiger partial charge in [-0.15, -0.1) is 0 Å². The Kier molecular flexibility index (Phi) is 3.94. The van der Waals surface area contributed by atoms with Crippen molar-refractivity contribution in [3.8, 4) is 0 Å². The second kappa shape index (κ2) is 5.48. The molecule has 0 fully saturated rings. The number of aryl methyl sites for hydroxylation is 1. The van der Waals surface area contributed by atoms with Crippen LogP contribution in [0.25, 0.3) is 0 Å². The van der Waals surface area contributed by atoms with E-state index in [9.17, 15) is 13.6 Å². The van der Waals surface area contributed by atoms with Gasteiger partial charge in [-0.05, 0) is 19.1 Å². The average Bonchev–Trinajstić information content (AvgIpc) is 2.69. The molecule has 0 aliphatic carbocycles. The van der Waals surface area contributed by atoms with Crippen LogP contribution in [-0.4, -0.2) is 11.1 Å². The van der Waals surface area contributed by atoms with E-state index in [4.69, 9.17) is 4.52 Å². The summed E-state index contributed by atoms with van der Waals surface area (Å²) in [4.78, 5) is 11.6. The SMILES string of the molecule is Cc1cc(CC(=O)Nc2c(F)cc(Br)cc2F)no1. The predicted molar refractivity (Wildman–Crippen MR) is 67.6 cm³/mol. The van der Waals surface area contributed by atoms with Crippen LogP contribution in [0, 0.1) is 18.6 Å². The number of nitrogens with zero attached hydrogens (tertiary/aromatic N) is 1. The molecular weight excluding hydrogens is 322 g/mol. The van der Waals surface area contributed by atoms with Crippen molar-refractivity contribution >= 4 is 27.5 Å². The summed E-state index contributed by atoms with van der Waals surface area (Å²) in [5, 5.41) is 5.80. The van der Waals surface area contributed by atoms with Gasteiger partial charge in [0.1, 0.15) is 11.4 Å². The Labute approximate surface area is 115 Å². The van der Waals surface area contributed by atoms with Crippen molar-refractivity contribution < 1.29 is 18.1 Å². The first-order chi connectivity index (χ1) is 8.95. The van der Waals surface area contributed by atoms with Gasteiger partial charge in [-0.3, -0.25) is 4.79 Å². The van der Waals surface area contributed by atoms with Gasteiger partial charge in [0.25, 0.3) is 0 Å². The molecule has 1 N–H and O–H groups in total. The Balaban J connectivity index is 2.11. The van der Waals surface area contributed by atoms with E-state index in [1.807, 2.05) is 0 Å². The third-order valence-corrected chi connectivity index (χ3v) is 2.75. The quantitative estimate of drug-likeness (QED) is 0.940. The highest BCUT2D eigenvalue weighted by Crippen LogP contribution is 2.23. The largest absolute Gasteiger partial charge is 0.361 e. The second-order valence-electron chi connectivity index (χ2n) is 3.90. The molecule has 2 aromatic rings. The maximum absolute atomic E-state index is 13.5. The van der Waals surface area contributed by atoms with E-state index in [-0.39, 0.29) is 10.9 Å². The molecule has 2 rings (SSSR count). The molecule has 0 saturated heterocycles. The number of nitrogens with one attached hydrogen (secondary N) is 1. The molecule has 1 amide bonds. The molecule has 1 aromatic carbocycles. The van der Waals surface area contributed by atoms with Crippen molar-refractivity contribution in [1.29, 1.82) is 0 Å². The number of carbonyl (C=O) groups excluding carboxylic acids is 1. The molecular formula is C12H9BrF2N2O2. The van der Waals surface area contributed by atoms with E-state index in [1.165, 1.54) is 0 Å². The molecule has 19 heavy (non-hydrogen) atoms. The van der Waals surface area contributed by atoms with Crippen molar-refractivity contribution in [1.82, 2.24) is 5.16 Å². The van der Waals surface area contributed by atoms with E-state index in [2.05, 4.69) is 26.4 Å². The molecule has 100 valence electrons. The lowest BCUT2D eigenvalue weighted by Crippen LogP contribution is -2.16. The smallest absolute Gasteiger partial charge is 0.230 e. The third kappa shape index (κ3) is 3.37. The maximum atomic E-state index is 13.5. The van der Waals surface area contributed by atoms with Gasteiger partial charge in [-0.1, -0.05) is 21.1 Å². The number of amides is 1. The number of hydrogen-bond donors (Lipinski definition) is 1. The lowest BCUT2D eigenvalue weighted by Gasteiger charge is -2.07. The summed E-state index contributed by atoms with van der Waals surface area (Å²) in [7, 11) is 0. The van der Waals surface area contributed by atoms with Gasteiger partial charge in [0.15, 0.2) is 11.6 Å². The number of hydrogen-bond acceptors (Lipinski definition) is 3. The Morgan fingerprint density at radius 2 is 2.00 bits per heavy atom. The van der Waals surface area contributed by atoms with Gasteiger partial charge in [0, 0.05) is 10.5 Å². The second-order valence-corrected chi connectivity index (χ2v) is 4.81. The van der Waals surface area contributed by atoms with Crippen LogP contribution in [0.4, 0.5) is 14.5 Å². The summed E-state index contributed by atoms with van der Waals surface area (Å²) >= 11 is 2.95. The first-order valence-corrected chi connectivity index (χ1v) is 6.11. The molecule has 0 aliphatic rings.